The molecular formula is C50H114N3O8P2+3. The summed E-state index contributed by atoms with van der Waals surface area (Å²) in [6.07, 6.45) is 32.0. The Balaban J connectivity index is -0.000000767. The van der Waals surface area contributed by atoms with Crippen molar-refractivity contribution in [1.29, 1.82) is 0 Å². The van der Waals surface area contributed by atoms with Gasteiger partial charge in [-0.3, -0.25) is 9.05 Å². The quantitative estimate of drug-likeness (QED) is 0.0411. The molecule has 1 heterocycles. The number of quaternary nitrogens is 3. The maximum Gasteiger partial charge on any atom is 0.488 e. The van der Waals surface area contributed by atoms with Crippen LogP contribution in [0.3, 0.4) is 0 Å². The van der Waals surface area contributed by atoms with E-state index >= 15 is 0 Å². The Hall–Kier alpha value is 0.1000. The maximum atomic E-state index is 10.8. The number of aliphatic hydroxyl groups excluding tert-OH is 1. The average molecular weight is 947 g/mol. The van der Waals surface area contributed by atoms with Gasteiger partial charge in [0.05, 0.1) is 85.1 Å². The molecule has 0 spiro atoms. The minimum Gasteiger partial charge on any atom is -0.391 e. The molecule has 0 amide bonds. The normalized spacial score (nSPS) is 16.6. The zero-order valence-electron chi connectivity index (χ0n) is 44.4. The predicted octanol–water partition coefficient (Wildman–Crippen LogP) is 14.6. The van der Waals surface area contributed by atoms with E-state index in [0.29, 0.717) is 0 Å². The molecule has 13 heteroatoms. The Morgan fingerprint density at radius 2 is 0.556 bits per heavy atom. The van der Waals surface area contributed by atoms with Crippen molar-refractivity contribution in [3.8, 4) is 0 Å². The first kappa shape index (κ1) is 67.4. The molecule has 0 aliphatic carbocycles. The molecular weight excluding hydrogens is 833 g/mol. The predicted molar refractivity (Wildman–Crippen MR) is 272 cm³/mol. The van der Waals surface area contributed by atoms with E-state index in [1.54, 1.807) is 0 Å². The van der Waals surface area contributed by atoms with Crippen LogP contribution in [0.5, 0.6) is 0 Å². The van der Waals surface area contributed by atoms with Crippen molar-refractivity contribution in [2.45, 2.75) is 243 Å². The fourth-order valence-electron chi connectivity index (χ4n) is 8.47. The smallest absolute Gasteiger partial charge is 0.391 e. The van der Waals surface area contributed by atoms with Crippen LogP contribution >= 0.6 is 15.6 Å². The molecule has 0 unspecified atom stereocenters. The molecule has 1 saturated heterocycles. The van der Waals surface area contributed by atoms with Crippen molar-refractivity contribution in [2.24, 2.45) is 0 Å². The van der Waals surface area contributed by atoms with E-state index in [1.807, 2.05) is 0 Å². The second kappa shape index (κ2) is 43.4. The number of phosphoric ester groups is 1. The summed E-state index contributed by atoms with van der Waals surface area (Å²) >= 11 is 0. The van der Waals surface area contributed by atoms with Crippen LogP contribution in [0.25, 0.3) is 0 Å². The third-order valence-corrected chi connectivity index (χ3v) is 15.3. The fourth-order valence-corrected chi connectivity index (χ4v) is 10.5. The van der Waals surface area contributed by atoms with Crippen LogP contribution in [-0.2, 0) is 22.5 Å². The van der Waals surface area contributed by atoms with Gasteiger partial charge in [0.1, 0.15) is 0 Å². The van der Waals surface area contributed by atoms with Crippen LogP contribution in [0, 0.1) is 0 Å². The minimum absolute atomic E-state index is 0.561. The molecule has 1 aliphatic heterocycles. The topological polar surface area (TPSA) is 123 Å². The van der Waals surface area contributed by atoms with E-state index in [1.165, 1.54) is 246 Å². The summed E-state index contributed by atoms with van der Waals surface area (Å²) < 4.78 is 37.3. The van der Waals surface area contributed by atoms with Gasteiger partial charge in [0.15, 0.2) is 0 Å². The first-order chi connectivity index (χ1) is 30.1. The van der Waals surface area contributed by atoms with Crippen LogP contribution in [0.2, 0.25) is 0 Å². The number of unbranched alkanes of at least 4 members (excludes halogenated alkanes) is 12. The van der Waals surface area contributed by atoms with E-state index in [9.17, 15) is 9.13 Å². The molecule has 0 aromatic rings. The highest BCUT2D eigenvalue weighted by Gasteiger charge is 2.49. The summed E-state index contributed by atoms with van der Waals surface area (Å²) in [7, 11) is -8.99. The van der Waals surface area contributed by atoms with Gasteiger partial charge in [-0.2, -0.15) is 4.31 Å². The second-order valence-corrected chi connectivity index (χ2v) is 21.7. The standard InChI is InChI=1S/3C16H36N.C2H6O8P2/c3*1-5-9-13-17(14-10-6-2,15-11-7-3)16-12-8-4;3-1-2-8-12(7,9-2)10-11(4,5)6/h3*5-16H2,1-4H3;2-3H,1H2,(H2,4,5,6)/q3*+1;. The zero-order chi connectivity index (χ0) is 48.4. The Labute approximate surface area is 393 Å². The van der Waals surface area contributed by atoms with Gasteiger partial charge in [0.2, 0.25) is 6.29 Å². The Bertz CT molecular complexity index is 859. The molecule has 1 rings (SSSR count). The van der Waals surface area contributed by atoms with Gasteiger partial charge in [0, 0.05) is 0 Å². The van der Waals surface area contributed by atoms with Crippen LogP contribution < -0.4 is 0 Å². The van der Waals surface area contributed by atoms with Crippen molar-refractivity contribution in [3.05, 3.63) is 0 Å². The molecule has 0 aromatic heterocycles. The molecule has 0 aromatic carbocycles. The lowest BCUT2D eigenvalue weighted by atomic mass is 10.1. The third-order valence-electron chi connectivity index (χ3n) is 12.7. The number of phosphoric acid groups is 2. The molecule has 384 valence electrons. The van der Waals surface area contributed by atoms with E-state index in [2.05, 4.69) is 96.4 Å². The van der Waals surface area contributed by atoms with Crippen molar-refractivity contribution >= 4 is 15.6 Å². The van der Waals surface area contributed by atoms with Crippen LogP contribution in [0.15, 0.2) is 0 Å². The zero-order valence-corrected chi connectivity index (χ0v) is 46.1. The summed E-state index contributed by atoms with van der Waals surface area (Å²) in [4.78, 5) is 16.3. The number of rotatable bonds is 39. The number of hydrogen-bond donors (Lipinski definition) is 3. The first-order valence-corrected chi connectivity index (χ1v) is 30.0. The third kappa shape index (κ3) is 36.8. The van der Waals surface area contributed by atoms with Crippen LogP contribution in [-0.4, -0.2) is 120 Å². The van der Waals surface area contributed by atoms with Crippen molar-refractivity contribution in [3.63, 3.8) is 0 Å². The van der Waals surface area contributed by atoms with E-state index in [0.717, 1.165) is 0 Å². The minimum atomic E-state index is -4.88. The van der Waals surface area contributed by atoms with E-state index in [4.69, 9.17) is 14.9 Å². The lowest BCUT2D eigenvalue weighted by Crippen LogP contribution is -2.50. The summed E-state index contributed by atoms with van der Waals surface area (Å²) in [5.41, 5.74) is 0. The SMILES string of the molecule is CCCC[N+](CCCC)(CCCC)CCCC.CCCC[N+](CCCC)(CCCC)CCCC.CCCC[N+](CCCC)(CCCC)CCCC.O=P(O)(O)OP1(=O)OC(CO)O1. The number of nitrogens with zero attached hydrogens (tertiary/aromatic N) is 3. The van der Waals surface area contributed by atoms with Crippen molar-refractivity contribution < 1.29 is 50.8 Å². The average Bonchev–Trinajstić information content (AvgIpc) is 3.26. The highest BCUT2D eigenvalue weighted by molar-refractivity contribution is 7.61. The van der Waals surface area contributed by atoms with Gasteiger partial charge >= 0.3 is 15.6 Å². The van der Waals surface area contributed by atoms with E-state index in [-0.39, 0.29) is 0 Å². The Kier molecular flexibility index (Phi) is 46.4. The Morgan fingerprint density at radius 1 is 0.397 bits per heavy atom. The number of hydrogen-bond acceptors (Lipinski definition) is 6. The molecule has 0 atom stereocenters. The largest absolute Gasteiger partial charge is 0.488 e. The lowest BCUT2D eigenvalue weighted by Gasteiger charge is -2.39. The molecule has 11 nitrogen and oxygen atoms in total. The summed E-state index contributed by atoms with van der Waals surface area (Å²) in [6, 6.07) is 0. The first-order valence-electron chi connectivity index (χ1n) is 27.0. The molecule has 3 N–H and O–H groups in total. The Morgan fingerprint density at radius 3 is 0.667 bits per heavy atom. The van der Waals surface area contributed by atoms with Gasteiger partial charge < -0.3 is 28.3 Å². The number of aliphatic hydroxyl groups is 1. The van der Waals surface area contributed by atoms with Gasteiger partial charge in [-0.1, -0.05) is 160 Å². The molecule has 63 heavy (non-hydrogen) atoms. The lowest BCUT2D eigenvalue weighted by molar-refractivity contribution is -0.929. The van der Waals surface area contributed by atoms with Gasteiger partial charge in [-0.25, -0.2) is 9.13 Å². The van der Waals surface area contributed by atoms with Gasteiger partial charge in [-0.15, -0.1) is 0 Å². The van der Waals surface area contributed by atoms with Gasteiger partial charge in [0.25, 0.3) is 0 Å². The van der Waals surface area contributed by atoms with Crippen molar-refractivity contribution in [2.75, 3.05) is 85.1 Å². The van der Waals surface area contributed by atoms with Crippen LogP contribution in [0.4, 0.5) is 0 Å². The molecule has 0 saturated carbocycles. The summed E-state index contributed by atoms with van der Waals surface area (Å²) in [5, 5.41) is 8.30. The van der Waals surface area contributed by atoms with Crippen molar-refractivity contribution in [1.82, 2.24) is 0 Å². The summed E-state index contributed by atoms with van der Waals surface area (Å²) in [5.74, 6) is 0. The van der Waals surface area contributed by atoms with Crippen LogP contribution in [0.1, 0.15) is 237 Å². The molecule has 0 radical (unpaired) electrons. The molecule has 1 aliphatic rings. The fraction of sp³-hybridized carbons (Fsp3) is 1.00. The maximum absolute atomic E-state index is 10.8. The summed E-state index contributed by atoms with van der Waals surface area (Å²) in [6.45, 7) is 44.5. The molecule has 0 bridgehead atoms. The van der Waals surface area contributed by atoms with Gasteiger partial charge in [-0.05, 0) is 77.0 Å². The molecule has 1 fully saturated rings. The highest BCUT2D eigenvalue weighted by atomic mass is 31.3. The van der Waals surface area contributed by atoms with E-state index < -0.39 is 28.5 Å². The highest BCUT2D eigenvalue weighted by Crippen LogP contribution is 2.67. The second-order valence-electron chi connectivity index (χ2n) is 18.8. The monoisotopic (exact) mass is 947 g/mol.